The number of aryl methyl sites for hydroxylation is 1. The van der Waals surface area contributed by atoms with Crippen molar-refractivity contribution in [2.75, 3.05) is 0 Å². The minimum absolute atomic E-state index is 0.257. The first kappa shape index (κ1) is 13.2. The molecule has 22 heavy (non-hydrogen) atoms. The van der Waals surface area contributed by atoms with Crippen molar-refractivity contribution in [3.63, 3.8) is 0 Å². The maximum Gasteiger partial charge on any atom is 0.157 e. The average molecular weight is 291 g/mol. The Balaban J connectivity index is 1.74. The second-order valence-corrected chi connectivity index (χ2v) is 6.04. The van der Waals surface area contributed by atoms with E-state index < -0.39 is 0 Å². The van der Waals surface area contributed by atoms with Crippen LogP contribution in [0.15, 0.2) is 42.7 Å². The molecule has 4 heteroatoms. The van der Waals surface area contributed by atoms with Crippen molar-refractivity contribution in [2.24, 2.45) is 5.92 Å². The van der Waals surface area contributed by atoms with Gasteiger partial charge in [0.05, 0.1) is 11.7 Å². The summed E-state index contributed by atoms with van der Waals surface area (Å²) in [7, 11) is 0. The lowest BCUT2D eigenvalue weighted by Gasteiger charge is -2.05. The summed E-state index contributed by atoms with van der Waals surface area (Å²) >= 11 is 0. The molecule has 2 heterocycles. The van der Waals surface area contributed by atoms with Crippen LogP contribution in [0.1, 0.15) is 18.4 Å². The number of hydrogen-bond donors (Lipinski definition) is 0. The Morgan fingerprint density at radius 2 is 2.09 bits per heavy atom. The molecule has 0 N–H and O–H groups in total. The van der Waals surface area contributed by atoms with Crippen LogP contribution in [-0.2, 0) is 11.3 Å². The molecule has 0 spiro atoms. The van der Waals surface area contributed by atoms with Gasteiger partial charge in [0, 0.05) is 17.7 Å². The van der Waals surface area contributed by atoms with E-state index in [9.17, 15) is 4.79 Å². The molecule has 2 aromatic heterocycles. The van der Waals surface area contributed by atoms with Gasteiger partial charge in [0.15, 0.2) is 5.78 Å². The van der Waals surface area contributed by atoms with Crippen LogP contribution >= 0.6 is 0 Å². The lowest BCUT2D eigenvalue weighted by atomic mass is 10.1. The maximum atomic E-state index is 12.0. The fourth-order valence-electron chi connectivity index (χ4n) is 2.75. The van der Waals surface area contributed by atoms with Gasteiger partial charge < -0.3 is 0 Å². The number of ketones is 1. The molecule has 4 nitrogen and oxygen atoms in total. The molecule has 1 fully saturated rings. The molecule has 4 rings (SSSR count). The third-order valence-electron chi connectivity index (χ3n) is 4.18. The van der Waals surface area contributed by atoms with Crippen LogP contribution in [-0.4, -0.2) is 20.5 Å². The first-order valence-electron chi connectivity index (χ1n) is 7.62. The van der Waals surface area contributed by atoms with Crippen molar-refractivity contribution in [3.05, 3.63) is 48.3 Å². The van der Waals surface area contributed by atoms with Crippen molar-refractivity contribution in [1.82, 2.24) is 14.8 Å². The quantitative estimate of drug-likeness (QED) is 0.740. The minimum Gasteiger partial charge on any atom is -0.297 e. The van der Waals surface area contributed by atoms with E-state index in [-0.39, 0.29) is 11.7 Å². The van der Waals surface area contributed by atoms with Crippen LogP contribution in [0.2, 0.25) is 0 Å². The molecular weight excluding hydrogens is 274 g/mol. The standard InChI is InChI=1S/C18H17N3O/c1-12-3-2-4-14(7-12)15-8-17-16(19-9-15)10-20-21(17)11-18(22)13-5-6-13/h2-4,7-10,13H,5-6,11H2,1H3. The minimum atomic E-state index is 0.257. The number of hydrogen-bond acceptors (Lipinski definition) is 3. The van der Waals surface area contributed by atoms with Crippen molar-refractivity contribution in [1.29, 1.82) is 0 Å². The summed E-state index contributed by atoms with van der Waals surface area (Å²) in [6.45, 7) is 2.43. The highest BCUT2D eigenvalue weighted by atomic mass is 16.1. The van der Waals surface area contributed by atoms with E-state index in [1.54, 1.807) is 10.9 Å². The second-order valence-electron chi connectivity index (χ2n) is 6.04. The molecule has 0 atom stereocenters. The Bertz CT molecular complexity index is 862. The van der Waals surface area contributed by atoms with E-state index in [0.29, 0.717) is 6.54 Å². The van der Waals surface area contributed by atoms with Gasteiger partial charge in [0.1, 0.15) is 12.1 Å². The van der Waals surface area contributed by atoms with Crippen LogP contribution in [0.4, 0.5) is 0 Å². The van der Waals surface area contributed by atoms with Crippen LogP contribution in [0.5, 0.6) is 0 Å². The van der Waals surface area contributed by atoms with E-state index in [1.807, 2.05) is 12.3 Å². The molecule has 110 valence electrons. The largest absolute Gasteiger partial charge is 0.297 e. The fraction of sp³-hybridized carbons (Fsp3) is 0.278. The van der Waals surface area contributed by atoms with Crippen molar-refractivity contribution in [2.45, 2.75) is 26.3 Å². The topological polar surface area (TPSA) is 47.8 Å². The molecule has 0 unspecified atom stereocenters. The smallest absolute Gasteiger partial charge is 0.157 e. The molecule has 1 aromatic carbocycles. The van der Waals surface area contributed by atoms with Gasteiger partial charge in [-0.25, -0.2) is 0 Å². The summed E-state index contributed by atoms with van der Waals surface area (Å²) in [4.78, 5) is 16.5. The summed E-state index contributed by atoms with van der Waals surface area (Å²) in [5, 5.41) is 4.33. The van der Waals surface area contributed by atoms with Gasteiger partial charge in [-0.05, 0) is 31.4 Å². The molecule has 0 bridgehead atoms. The Hall–Kier alpha value is -2.49. The van der Waals surface area contributed by atoms with Gasteiger partial charge >= 0.3 is 0 Å². The summed E-state index contributed by atoms with van der Waals surface area (Å²) in [5.74, 6) is 0.540. The Kier molecular flexibility index (Phi) is 3.03. The monoisotopic (exact) mass is 291 g/mol. The Labute approximate surface area is 128 Å². The number of benzene rings is 1. The third-order valence-corrected chi connectivity index (χ3v) is 4.18. The van der Waals surface area contributed by atoms with Crippen molar-refractivity contribution in [3.8, 4) is 11.1 Å². The summed E-state index contributed by atoms with van der Waals surface area (Å²) in [5.41, 5.74) is 5.16. The van der Waals surface area contributed by atoms with E-state index in [2.05, 4.69) is 41.3 Å². The van der Waals surface area contributed by atoms with E-state index in [1.165, 1.54) is 5.56 Å². The fourth-order valence-corrected chi connectivity index (χ4v) is 2.75. The second kappa shape index (κ2) is 5.05. The normalized spacial score (nSPS) is 14.4. The number of rotatable bonds is 4. The van der Waals surface area contributed by atoms with Crippen LogP contribution in [0.25, 0.3) is 22.2 Å². The zero-order chi connectivity index (χ0) is 15.1. The number of aromatic nitrogens is 3. The highest BCUT2D eigenvalue weighted by Gasteiger charge is 2.29. The van der Waals surface area contributed by atoms with Gasteiger partial charge in [-0.15, -0.1) is 0 Å². The molecular formula is C18H17N3O. The molecule has 3 aromatic rings. The average Bonchev–Trinajstić information content (AvgIpc) is 3.30. The molecule has 1 aliphatic carbocycles. The van der Waals surface area contributed by atoms with Crippen molar-refractivity contribution >= 4 is 16.8 Å². The number of Topliss-reactive ketones (excluding diaryl/α,β-unsaturated/α-hetero) is 1. The zero-order valence-corrected chi connectivity index (χ0v) is 12.5. The Morgan fingerprint density at radius 3 is 2.86 bits per heavy atom. The number of nitrogens with zero attached hydrogens (tertiary/aromatic N) is 3. The summed E-state index contributed by atoms with van der Waals surface area (Å²) in [6.07, 6.45) is 5.66. The predicted molar refractivity (Wildman–Crippen MR) is 85.4 cm³/mol. The first-order valence-corrected chi connectivity index (χ1v) is 7.62. The lowest BCUT2D eigenvalue weighted by Crippen LogP contribution is -2.12. The van der Waals surface area contributed by atoms with E-state index in [4.69, 9.17) is 0 Å². The van der Waals surface area contributed by atoms with Crippen LogP contribution < -0.4 is 0 Å². The van der Waals surface area contributed by atoms with Gasteiger partial charge in [0.25, 0.3) is 0 Å². The molecule has 1 saturated carbocycles. The maximum absolute atomic E-state index is 12.0. The molecule has 0 radical (unpaired) electrons. The summed E-state index contributed by atoms with van der Waals surface area (Å²) in [6, 6.07) is 10.4. The van der Waals surface area contributed by atoms with Crippen LogP contribution in [0.3, 0.4) is 0 Å². The van der Waals surface area contributed by atoms with Crippen LogP contribution in [0, 0.1) is 12.8 Å². The van der Waals surface area contributed by atoms with Gasteiger partial charge in [0.2, 0.25) is 0 Å². The number of pyridine rings is 1. The Morgan fingerprint density at radius 1 is 1.23 bits per heavy atom. The number of carbonyl (C=O) groups is 1. The van der Waals surface area contributed by atoms with E-state index in [0.717, 1.165) is 35.0 Å². The molecule has 1 aliphatic rings. The third kappa shape index (κ3) is 2.41. The van der Waals surface area contributed by atoms with E-state index >= 15 is 0 Å². The SMILES string of the molecule is Cc1cccc(-c2cnc3cnn(CC(=O)C4CC4)c3c2)c1. The highest BCUT2D eigenvalue weighted by Crippen LogP contribution is 2.30. The predicted octanol–water partition coefficient (Wildman–Crippen LogP) is 3.39. The van der Waals surface area contributed by atoms with Crippen molar-refractivity contribution < 1.29 is 4.79 Å². The van der Waals surface area contributed by atoms with Gasteiger partial charge in [-0.2, -0.15) is 5.10 Å². The number of fused-ring (bicyclic) bond motifs is 1. The molecule has 0 saturated heterocycles. The zero-order valence-electron chi connectivity index (χ0n) is 12.5. The lowest BCUT2D eigenvalue weighted by molar-refractivity contribution is -0.120. The molecule has 0 amide bonds. The van der Waals surface area contributed by atoms with Gasteiger partial charge in [-0.1, -0.05) is 29.8 Å². The summed E-state index contributed by atoms with van der Waals surface area (Å²) < 4.78 is 1.78. The van der Waals surface area contributed by atoms with Gasteiger partial charge in [-0.3, -0.25) is 14.5 Å². The highest BCUT2D eigenvalue weighted by molar-refractivity contribution is 5.86. The first-order chi connectivity index (χ1) is 10.7. The number of carbonyl (C=O) groups excluding carboxylic acids is 1. The molecule has 0 aliphatic heterocycles.